The third kappa shape index (κ3) is 2.65. The van der Waals surface area contributed by atoms with Crippen LogP contribution in [-0.4, -0.2) is 12.9 Å². The highest BCUT2D eigenvalue weighted by Gasteiger charge is 2.32. The molecule has 1 atom stereocenters. The average Bonchev–Trinajstić information content (AvgIpc) is 2.57. The molecule has 0 spiro atoms. The minimum atomic E-state index is -4.63. The van der Waals surface area contributed by atoms with Crippen LogP contribution in [0.4, 0.5) is 18.9 Å². The molecule has 1 aliphatic heterocycles. The smallest absolute Gasteiger partial charge is 0.406 e. The van der Waals surface area contributed by atoms with Crippen LogP contribution in [-0.2, 0) is 0 Å². The molecular formula is C12H14F3NO. The van der Waals surface area contributed by atoms with Gasteiger partial charge < -0.3 is 10.1 Å². The quantitative estimate of drug-likeness (QED) is 0.856. The van der Waals surface area contributed by atoms with E-state index in [1.807, 2.05) is 0 Å². The standard InChI is InChI=1S/C12H14F3NO/c1-7(2)10-6-16-11-4-3-8(5-9(10)11)17-12(13,14)15/h3-5,7,10,16H,6H2,1-2H3. The lowest BCUT2D eigenvalue weighted by Gasteiger charge is -2.15. The van der Waals surface area contributed by atoms with Gasteiger partial charge in [-0.3, -0.25) is 0 Å². The van der Waals surface area contributed by atoms with Crippen LogP contribution < -0.4 is 10.1 Å². The summed E-state index contributed by atoms with van der Waals surface area (Å²) in [4.78, 5) is 0. The number of nitrogens with one attached hydrogen (secondary N) is 1. The number of fused-ring (bicyclic) bond motifs is 1. The van der Waals surface area contributed by atoms with Gasteiger partial charge in [-0.1, -0.05) is 13.8 Å². The topological polar surface area (TPSA) is 21.3 Å². The van der Waals surface area contributed by atoms with Crippen molar-refractivity contribution in [3.05, 3.63) is 23.8 Å². The van der Waals surface area contributed by atoms with E-state index in [2.05, 4.69) is 23.9 Å². The molecule has 1 heterocycles. The van der Waals surface area contributed by atoms with Crippen LogP contribution in [0.3, 0.4) is 0 Å². The molecule has 0 aliphatic carbocycles. The fourth-order valence-corrected chi connectivity index (χ4v) is 2.13. The summed E-state index contributed by atoms with van der Waals surface area (Å²) in [7, 11) is 0. The van der Waals surface area contributed by atoms with E-state index in [1.54, 1.807) is 6.07 Å². The molecule has 0 fully saturated rings. The van der Waals surface area contributed by atoms with E-state index in [4.69, 9.17) is 0 Å². The third-order valence-corrected chi connectivity index (χ3v) is 2.97. The van der Waals surface area contributed by atoms with Crippen LogP contribution in [0.5, 0.6) is 5.75 Å². The normalized spacial score (nSPS) is 19.1. The van der Waals surface area contributed by atoms with Gasteiger partial charge in [-0.2, -0.15) is 0 Å². The maximum atomic E-state index is 12.1. The van der Waals surface area contributed by atoms with Crippen LogP contribution in [0.25, 0.3) is 0 Å². The van der Waals surface area contributed by atoms with Crippen LogP contribution >= 0.6 is 0 Å². The summed E-state index contributed by atoms with van der Waals surface area (Å²) < 4.78 is 40.3. The van der Waals surface area contributed by atoms with Gasteiger partial charge in [-0.05, 0) is 29.7 Å². The van der Waals surface area contributed by atoms with E-state index < -0.39 is 6.36 Å². The Morgan fingerprint density at radius 2 is 2.06 bits per heavy atom. The second-order valence-electron chi connectivity index (χ2n) is 4.53. The monoisotopic (exact) mass is 245 g/mol. The fraction of sp³-hybridized carbons (Fsp3) is 0.500. The van der Waals surface area contributed by atoms with Crippen molar-refractivity contribution >= 4 is 5.69 Å². The first kappa shape index (κ1) is 12.1. The van der Waals surface area contributed by atoms with Gasteiger partial charge in [0.2, 0.25) is 0 Å². The van der Waals surface area contributed by atoms with E-state index in [0.717, 1.165) is 17.8 Å². The van der Waals surface area contributed by atoms with E-state index in [1.165, 1.54) is 12.1 Å². The summed E-state index contributed by atoms with van der Waals surface area (Å²) >= 11 is 0. The highest BCUT2D eigenvalue weighted by atomic mass is 19.4. The number of hydrogen-bond donors (Lipinski definition) is 1. The summed E-state index contributed by atoms with van der Waals surface area (Å²) in [5.74, 6) is 0.470. The molecule has 0 saturated heterocycles. The summed E-state index contributed by atoms with van der Waals surface area (Å²) in [6, 6.07) is 4.45. The van der Waals surface area contributed by atoms with E-state index in [9.17, 15) is 13.2 Å². The second-order valence-corrected chi connectivity index (χ2v) is 4.53. The summed E-state index contributed by atoms with van der Waals surface area (Å²) in [5.41, 5.74) is 1.81. The van der Waals surface area contributed by atoms with Crippen molar-refractivity contribution in [2.24, 2.45) is 5.92 Å². The molecule has 1 N–H and O–H groups in total. The molecule has 2 rings (SSSR count). The Bertz CT molecular complexity index is 415. The van der Waals surface area contributed by atoms with Crippen molar-refractivity contribution in [1.29, 1.82) is 0 Å². The number of ether oxygens (including phenoxy) is 1. The van der Waals surface area contributed by atoms with Gasteiger partial charge in [0.05, 0.1) is 0 Å². The summed E-state index contributed by atoms with van der Waals surface area (Å²) in [6.07, 6.45) is -4.63. The minimum Gasteiger partial charge on any atom is -0.406 e. The molecule has 94 valence electrons. The van der Waals surface area contributed by atoms with Crippen LogP contribution in [0, 0.1) is 5.92 Å². The number of benzene rings is 1. The Hall–Kier alpha value is -1.39. The first-order valence-corrected chi connectivity index (χ1v) is 5.50. The van der Waals surface area contributed by atoms with Gasteiger partial charge in [0, 0.05) is 18.2 Å². The van der Waals surface area contributed by atoms with Crippen molar-refractivity contribution in [2.45, 2.75) is 26.1 Å². The largest absolute Gasteiger partial charge is 0.573 e. The molecule has 17 heavy (non-hydrogen) atoms. The molecule has 1 aromatic carbocycles. The predicted molar refractivity (Wildman–Crippen MR) is 59.2 cm³/mol. The van der Waals surface area contributed by atoms with Gasteiger partial charge in [0.25, 0.3) is 0 Å². The van der Waals surface area contributed by atoms with Gasteiger partial charge in [-0.15, -0.1) is 13.2 Å². The van der Waals surface area contributed by atoms with Crippen LogP contribution in [0.15, 0.2) is 18.2 Å². The SMILES string of the molecule is CC(C)C1CNc2ccc(OC(F)(F)F)cc21. The number of anilines is 1. The molecule has 0 saturated carbocycles. The van der Waals surface area contributed by atoms with Crippen LogP contribution in [0.1, 0.15) is 25.3 Å². The Labute approximate surface area is 97.8 Å². The summed E-state index contributed by atoms with van der Waals surface area (Å²) in [5, 5.41) is 3.18. The molecule has 1 aromatic rings. The maximum absolute atomic E-state index is 12.1. The minimum absolute atomic E-state index is 0.148. The van der Waals surface area contributed by atoms with Crippen molar-refractivity contribution in [3.8, 4) is 5.75 Å². The highest BCUT2D eigenvalue weighted by Crippen LogP contribution is 2.39. The zero-order valence-corrected chi connectivity index (χ0v) is 9.64. The van der Waals surface area contributed by atoms with E-state index >= 15 is 0 Å². The lowest BCUT2D eigenvalue weighted by molar-refractivity contribution is -0.274. The molecule has 0 radical (unpaired) electrons. The van der Waals surface area contributed by atoms with Crippen molar-refractivity contribution < 1.29 is 17.9 Å². The maximum Gasteiger partial charge on any atom is 0.573 e. The van der Waals surface area contributed by atoms with Gasteiger partial charge >= 0.3 is 6.36 Å². The molecule has 1 unspecified atom stereocenters. The Morgan fingerprint density at radius 1 is 1.35 bits per heavy atom. The Balaban J connectivity index is 2.27. The Morgan fingerprint density at radius 3 is 2.65 bits per heavy atom. The number of rotatable bonds is 2. The molecule has 5 heteroatoms. The van der Waals surface area contributed by atoms with Gasteiger partial charge in [-0.25, -0.2) is 0 Å². The lowest BCUT2D eigenvalue weighted by atomic mass is 9.90. The molecule has 2 nitrogen and oxygen atoms in total. The number of hydrogen-bond acceptors (Lipinski definition) is 2. The molecule has 0 amide bonds. The predicted octanol–water partition coefficient (Wildman–Crippen LogP) is 3.75. The zero-order valence-electron chi connectivity index (χ0n) is 9.64. The van der Waals surface area contributed by atoms with E-state index in [0.29, 0.717) is 5.92 Å². The molecule has 0 aromatic heterocycles. The summed E-state index contributed by atoms with van der Waals surface area (Å²) in [6.45, 7) is 4.87. The second kappa shape index (κ2) is 4.13. The Kier molecular flexibility index (Phi) is 2.93. The zero-order chi connectivity index (χ0) is 12.6. The number of alkyl halides is 3. The first-order chi connectivity index (χ1) is 7.87. The molecule has 1 aliphatic rings. The van der Waals surface area contributed by atoms with Crippen molar-refractivity contribution in [3.63, 3.8) is 0 Å². The lowest BCUT2D eigenvalue weighted by Crippen LogP contribution is -2.17. The van der Waals surface area contributed by atoms with E-state index in [-0.39, 0.29) is 11.7 Å². The molecule has 0 bridgehead atoms. The number of halogens is 3. The fourth-order valence-electron chi connectivity index (χ4n) is 2.13. The van der Waals surface area contributed by atoms with Crippen molar-refractivity contribution in [1.82, 2.24) is 0 Å². The first-order valence-electron chi connectivity index (χ1n) is 5.50. The van der Waals surface area contributed by atoms with Gasteiger partial charge in [0.15, 0.2) is 0 Å². The molecular weight excluding hydrogens is 231 g/mol. The van der Waals surface area contributed by atoms with Crippen molar-refractivity contribution in [2.75, 3.05) is 11.9 Å². The third-order valence-electron chi connectivity index (χ3n) is 2.97. The highest BCUT2D eigenvalue weighted by molar-refractivity contribution is 5.60. The van der Waals surface area contributed by atoms with Crippen LogP contribution in [0.2, 0.25) is 0 Å². The van der Waals surface area contributed by atoms with Gasteiger partial charge in [0.1, 0.15) is 5.75 Å². The average molecular weight is 245 g/mol.